The molecule has 0 bridgehead atoms. The molecule has 1 heterocycles. The van der Waals surface area contributed by atoms with Crippen molar-refractivity contribution < 1.29 is 19.2 Å². The summed E-state index contributed by atoms with van der Waals surface area (Å²) >= 11 is 6.42. The molecule has 0 saturated carbocycles. The van der Waals surface area contributed by atoms with E-state index in [4.69, 9.17) is 26.0 Å². The van der Waals surface area contributed by atoms with Crippen LogP contribution >= 0.6 is 11.6 Å². The van der Waals surface area contributed by atoms with Crippen LogP contribution in [0.25, 0.3) is 0 Å². The van der Waals surface area contributed by atoms with Crippen molar-refractivity contribution in [1.29, 1.82) is 0 Å². The van der Waals surface area contributed by atoms with E-state index in [0.717, 1.165) is 18.3 Å². The molecule has 4 nitrogen and oxygen atoms in total. The Hall–Kier alpha value is -1.04. The maximum atomic E-state index is 10.9. The first kappa shape index (κ1) is 22.3. The summed E-state index contributed by atoms with van der Waals surface area (Å²) in [5, 5.41) is 8.96. The molecule has 0 amide bonds. The molecule has 2 unspecified atom stereocenters. The number of benzene rings is 1. The average molecular weight is 395 g/mol. The molecule has 0 radical (unpaired) electrons. The lowest BCUT2D eigenvalue weighted by Crippen LogP contribution is -2.47. The number of aromatic carboxylic acids is 1. The second-order valence-electron chi connectivity index (χ2n) is 7.46. The maximum absolute atomic E-state index is 10.9. The molecular formula is C21H32BClO4. The van der Waals surface area contributed by atoms with Crippen molar-refractivity contribution in [3.8, 4) is 0 Å². The lowest BCUT2D eigenvalue weighted by molar-refractivity contribution is 0.0575. The summed E-state index contributed by atoms with van der Waals surface area (Å²) in [6, 6.07) is 6.56. The minimum atomic E-state index is -0.941. The molecule has 6 heteroatoms. The van der Waals surface area contributed by atoms with Gasteiger partial charge in [0.2, 0.25) is 0 Å². The number of hydrogen-bond donors (Lipinski definition) is 1. The summed E-state index contributed by atoms with van der Waals surface area (Å²) in [5.74, 6) is -0.728. The van der Waals surface area contributed by atoms with Gasteiger partial charge in [-0.3, -0.25) is 0 Å². The minimum absolute atomic E-state index is 0.214. The van der Waals surface area contributed by atoms with Crippen LogP contribution in [-0.4, -0.2) is 30.4 Å². The summed E-state index contributed by atoms with van der Waals surface area (Å²) in [5.41, 5.74) is 0.685. The van der Waals surface area contributed by atoms with Gasteiger partial charge in [0.25, 0.3) is 0 Å². The summed E-state index contributed by atoms with van der Waals surface area (Å²) in [6.45, 7) is 2.83. The monoisotopic (exact) mass is 394 g/mol. The van der Waals surface area contributed by atoms with Gasteiger partial charge in [0.1, 0.15) is 5.56 Å². The Labute approximate surface area is 168 Å². The van der Waals surface area contributed by atoms with Crippen LogP contribution < -0.4 is 5.46 Å². The molecule has 150 valence electrons. The van der Waals surface area contributed by atoms with E-state index < -0.39 is 13.1 Å². The molecule has 1 saturated heterocycles. The van der Waals surface area contributed by atoms with Crippen molar-refractivity contribution in [3.05, 3.63) is 29.8 Å². The molecule has 2 atom stereocenters. The highest BCUT2D eigenvalue weighted by Crippen LogP contribution is 2.25. The molecule has 0 aliphatic carbocycles. The number of carboxylic acid groups (broad SMARTS) is 1. The SMILES string of the molecule is CCCCCCCCCCCC1COB(c2ccc(C(=O)O)cc2)OC1Cl. The van der Waals surface area contributed by atoms with Crippen molar-refractivity contribution in [2.24, 2.45) is 5.92 Å². The predicted octanol–water partition coefficient (Wildman–Crippen LogP) is 5.23. The van der Waals surface area contributed by atoms with Gasteiger partial charge in [0.05, 0.1) is 5.56 Å². The first-order valence-corrected chi connectivity index (χ1v) is 10.8. The van der Waals surface area contributed by atoms with E-state index in [2.05, 4.69) is 6.92 Å². The molecule has 1 N–H and O–H groups in total. The van der Waals surface area contributed by atoms with Crippen molar-refractivity contribution >= 4 is 30.2 Å². The van der Waals surface area contributed by atoms with Crippen LogP contribution in [0.3, 0.4) is 0 Å². The van der Waals surface area contributed by atoms with E-state index in [1.54, 1.807) is 24.3 Å². The topological polar surface area (TPSA) is 55.8 Å². The Bertz CT molecular complexity index is 552. The molecule has 0 spiro atoms. The normalized spacial score (nSPS) is 20.0. The van der Waals surface area contributed by atoms with Crippen LogP contribution in [0.4, 0.5) is 0 Å². The fourth-order valence-corrected chi connectivity index (χ4v) is 3.74. The smallest absolute Gasteiger partial charge is 0.478 e. The quantitative estimate of drug-likeness (QED) is 0.300. The van der Waals surface area contributed by atoms with Crippen LogP contribution in [-0.2, 0) is 9.31 Å². The van der Waals surface area contributed by atoms with Crippen LogP contribution in [0.15, 0.2) is 24.3 Å². The number of hydrogen-bond acceptors (Lipinski definition) is 3. The van der Waals surface area contributed by atoms with E-state index in [1.165, 1.54) is 51.4 Å². The van der Waals surface area contributed by atoms with E-state index in [0.29, 0.717) is 6.61 Å². The molecular weight excluding hydrogens is 362 g/mol. The molecule has 1 aliphatic heterocycles. The second kappa shape index (κ2) is 12.4. The summed E-state index contributed by atoms with van der Waals surface area (Å²) in [7, 11) is -0.519. The lowest BCUT2D eigenvalue weighted by atomic mass is 9.77. The predicted molar refractivity (Wildman–Crippen MR) is 111 cm³/mol. The summed E-state index contributed by atoms with van der Waals surface area (Å²) < 4.78 is 11.6. The highest BCUT2D eigenvalue weighted by Gasteiger charge is 2.35. The second-order valence-corrected chi connectivity index (χ2v) is 7.89. The molecule has 1 aromatic carbocycles. The van der Waals surface area contributed by atoms with E-state index in [-0.39, 0.29) is 17.0 Å². The van der Waals surface area contributed by atoms with E-state index in [9.17, 15) is 4.79 Å². The van der Waals surface area contributed by atoms with Crippen LogP contribution in [0, 0.1) is 5.92 Å². The highest BCUT2D eigenvalue weighted by molar-refractivity contribution is 6.62. The van der Waals surface area contributed by atoms with Gasteiger partial charge in [-0.15, -0.1) is 0 Å². The van der Waals surface area contributed by atoms with Crippen molar-refractivity contribution in [2.75, 3.05) is 6.61 Å². The maximum Gasteiger partial charge on any atom is 0.494 e. The molecule has 1 aliphatic rings. The van der Waals surface area contributed by atoms with E-state index >= 15 is 0 Å². The zero-order chi connectivity index (χ0) is 19.5. The highest BCUT2D eigenvalue weighted by atomic mass is 35.5. The molecule has 1 aromatic rings. The number of carboxylic acids is 1. The number of halogens is 1. The summed E-state index contributed by atoms with van der Waals surface area (Å²) in [4.78, 5) is 10.9. The standard InChI is InChI=1S/C21H32BClO4/c1-2-3-4-5-6-7-8-9-10-11-18-16-26-22(27-20(18)23)19-14-12-17(13-15-19)21(24)25/h12-15,18,20H,2-11,16H2,1H3,(H,24,25). The lowest BCUT2D eigenvalue weighted by Gasteiger charge is -2.32. The average Bonchev–Trinajstić information content (AvgIpc) is 2.67. The summed E-state index contributed by atoms with van der Waals surface area (Å²) in [6.07, 6.45) is 12.8. The fraction of sp³-hybridized carbons (Fsp3) is 0.667. The van der Waals surface area contributed by atoms with Gasteiger partial charge in [-0.25, -0.2) is 4.79 Å². The van der Waals surface area contributed by atoms with Crippen molar-refractivity contribution in [3.63, 3.8) is 0 Å². The zero-order valence-corrected chi connectivity index (χ0v) is 17.1. The fourth-order valence-electron chi connectivity index (χ4n) is 3.44. The Kier molecular flexibility index (Phi) is 10.2. The Morgan fingerprint density at radius 2 is 1.67 bits per heavy atom. The Morgan fingerprint density at radius 1 is 1.07 bits per heavy atom. The third-order valence-corrected chi connectivity index (χ3v) is 5.65. The van der Waals surface area contributed by atoms with Crippen LogP contribution in [0.2, 0.25) is 0 Å². The third-order valence-electron chi connectivity index (χ3n) is 5.19. The number of rotatable bonds is 12. The zero-order valence-electron chi connectivity index (χ0n) is 16.4. The van der Waals surface area contributed by atoms with Gasteiger partial charge in [-0.05, 0) is 24.0 Å². The number of unbranched alkanes of at least 4 members (excludes halogenated alkanes) is 8. The third kappa shape index (κ3) is 7.85. The van der Waals surface area contributed by atoms with Crippen LogP contribution in [0.5, 0.6) is 0 Å². The first-order chi connectivity index (χ1) is 13.1. The van der Waals surface area contributed by atoms with Gasteiger partial charge in [0, 0.05) is 12.5 Å². The van der Waals surface area contributed by atoms with Gasteiger partial charge in [0.15, 0.2) is 0 Å². The van der Waals surface area contributed by atoms with Crippen molar-refractivity contribution in [1.82, 2.24) is 0 Å². The van der Waals surface area contributed by atoms with Crippen LogP contribution in [0.1, 0.15) is 81.5 Å². The van der Waals surface area contributed by atoms with Gasteiger partial charge >= 0.3 is 13.1 Å². The Morgan fingerprint density at radius 3 is 2.22 bits per heavy atom. The first-order valence-electron chi connectivity index (χ1n) is 10.4. The van der Waals surface area contributed by atoms with E-state index in [1.807, 2.05) is 0 Å². The van der Waals surface area contributed by atoms with Gasteiger partial charge < -0.3 is 14.4 Å². The largest absolute Gasteiger partial charge is 0.494 e. The molecule has 1 fully saturated rings. The van der Waals surface area contributed by atoms with Crippen molar-refractivity contribution in [2.45, 2.75) is 76.7 Å². The van der Waals surface area contributed by atoms with Gasteiger partial charge in [-0.2, -0.15) is 0 Å². The minimum Gasteiger partial charge on any atom is -0.478 e. The Balaban J connectivity index is 1.61. The number of alkyl halides is 1. The molecule has 0 aromatic heterocycles. The molecule has 2 rings (SSSR count). The number of carbonyl (C=O) groups is 1. The van der Waals surface area contributed by atoms with Gasteiger partial charge in [-0.1, -0.05) is 88.4 Å². The molecule has 27 heavy (non-hydrogen) atoms.